The van der Waals surface area contributed by atoms with Crippen molar-refractivity contribution >= 4 is 37.5 Å². The summed E-state index contributed by atoms with van der Waals surface area (Å²) in [5, 5.41) is 11.6. The monoisotopic (exact) mass is 391 g/mol. The van der Waals surface area contributed by atoms with Crippen molar-refractivity contribution in [1.29, 1.82) is 0 Å². The molecule has 0 aliphatic rings. The number of ether oxygens (including phenoxy) is 2. The number of nitrogens with zero attached hydrogens (tertiary/aromatic N) is 3. The first kappa shape index (κ1) is 18.4. The van der Waals surface area contributed by atoms with Crippen molar-refractivity contribution in [2.24, 2.45) is 10.2 Å². The molecule has 142 valence electrons. The van der Waals surface area contributed by atoms with Gasteiger partial charge in [-0.3, -0.25) is 0 Å². The minimum atomic E-state index is 0.415. The van der Waals surface area contributed by atoms with E-state index in [-0.39, 0.29) is 0 Å². The van der Waals surface area contributed by atoms with E-state index in [0.717, 1.165) is 38.1 Å². The van der Waals surface area contributed by atoms with Crippen molar-refractivity contribution in [2.75, 3.05) is 13.2 Å². The maximum atomic E-state index is 5.84. The van der Waals surface area contributed by atoms with Crippen molar-refractivity contribution in [1.82, 2.24) is 4.98 Å². The Balaban J connectivity index is 1.68. The highest BCUT2D eigenvalue weighted by Gasteiger charge is 2.10. The van der Waals surface area contributed by atoms with Crippen LogP contribution in [0.2, 0.25) is 0 Å². The van der Waals surface area contributed by atoms with E-state index >= 15 is 0 Å². The van der Waals surface area contributed by atoms with Crippen LogP contribution in [0.3, 0.4) is 0 Å². The Morgan fingerprint density at radius 2 is 1.79 bits per heavy atom. The van der Waals surface area contributed by atoms with E-state index in [1.165, 1.54) is 11.3 Å². The van der Waals surface area contributed by atoms with E-state index in [4.69, 9.17) is 9.47 Å². The van der Waals surface area contributed by atoms with E-state index in [1.54, 1.807) is 0 Å². The Kier molecular flexibility index (Phi) is 5.48. The summed E-state index contributed by atoms with van der Waals surface area (Å²) in [6, 6.07) is 18.1. The average Bonchev–Trinajstić information content (AvgIpc) is 3.12. The van der Waals surface area contributed by atoms with E-state index in [1.807, 2.05) is 56.3 Å². The van der Waals surface area contributed by atoms with Crippen LogP contribution in [0.15, 0.2) is 64.8 Å². The van der Waals surface area contributed by atoms with Crippen molar-refractivity contribution in [3.8, 4) is 11.5 Å². The topological polar surface area (TPSA) is 56.1 Å². The second-order valence-electron chi connectivity index (χ2n) is 6.15. The first-order chi connectivity index (χ1) is 13.8. The maximum Gasteiger partial charge on any atom is 0.230 e. The molecule has 6 heteroatoms. The molecular formula is C22H21N3O2S. The molecule has 4 rings (SSSR count). The molecule has 0 atom stereocenters. The fourth-order valence-corrected chi connectivity index (χ4v) is 3.92. The molecule has 0 amide bonds. The zero-order valence-electron chi connectivity index (χ0n) is 15.9. The van der Waals surface area contributed by atoms with Gasteiger partial charge in [-0.2, -0.15) is 5.11 Å². The lowest BCUT2D eigenvalue weighted by Crippen LogP contribution is -1.98. The van der Waals surface area contributed by atoms with Crippen LogP contribution in [0.4, 0.5) is 5.13 Å². The van der Waals surface area contributed by atoms with Gasteiger partial charge < -0.3 is 9.47 Å². The van der Waals surface area contributed by atoms with Gasteiger partial charge in [-0.05, 0) is 55.0 Å². The van der Waals surface area contributed by atoms with Crippen LogP contribution in [0.1, 0.15) is 19.4 Å². The van der Waals surface area contributed by atoms with E-state index in [9.17, 15) is 0 Å². The van der Waals surface area contributed by atoms with Crippen molar-refractivity contribution < 1.29 is 9.47 Å². The van der Waals surface area contributed by atoms with Gasteiger partial charge in [0, 0.05) is 5.56 Å². The largest absolute Gasteiger partial charge is 0.494 e. The minimum absolute atomic E-state index is 0.415. The predicted octanol–water partition coefficient (Wildman–Crippen LogP) is 6.53. The molecule has 0 aliphatic heterocycles. The van der Waals surface area contributed by atoms with Gasteiger partial charge in [-0.25, -0.2) is 4.98 Å². The molecule has 0 saturated carbocycles. The summed E-state index contributed by atoms with van der Waals surface area (Å²) in [6.07, 6.45) is 0. The lowest BCUT2D eigenvalue weighted by molar-refractivity contribution is 0.336. The summed E-state index contributed by atoms with van der Waals surface area (Å²) in [4.78, 5) is 4.51. The minimum Gasteiger partial charge on any atom is -0.494 e. The number of hydrogen-bond acceptors (Lipinski definition) is 6. The van der Waals surface area contributed by atoms with Gasteiger partial charge in [0.25, 0.3) is 0 Å². The molecule has 28 heavy (non-hydrogen) atoms. The van der Waals surface area contributed by atoms with Gasteiger partial charge in [0.05, 0.1) is 30.0 Å². The molecule has 0 fully saturated rings. The zero-order chi connectivity index (χ0) is 19.3. The molecule has 0 bridgehead atoms. The smallest absolute Gasteiger partial charge is 0.230 e. The van der Waals surface area contributed by atoms with Gasteiger partial charge in [0.2, 0.25) is 5.13 Å². The summed E-state index contributed by atoms with van der Waals surface area (Å²) in [5.41, 5.74) is 1.95. The zero-order valence-corrected chi connectivity index (χ0v) is 16.7. The highest BCUT2D eigenvalue weighted by Crippen LogP contribution is 2.33. The first-order valence-electron chi connectivity index (χ1n) is 9.32. The second kappa shape index (κ2) is 8.35. The standard InChI is InChI=1S/C22H21N3O2S/c1-3-26-16-11-9-15-10-12-20(27-4-2)18(17(15)13-16)14-23-25-22-24-19-7-5-6-8-21(19)28-22/h5-13H,3-4,14H2,1-2H3. The van der Waals surface area contributed by atoms with Crippen molar-refractivity contribution in [3.05, 3.63) is 60.2 Å². The number of thiazole rings is 1. The van der Waals surface area contributed by atoms with Crippen LogP contribution >= 0.6 is 11.3 Å². The Morgan fingerprint density at radius 3 is 2.61 bits per heavy atom. The van der Waals surface area contributed by atoms with Crippen molar-refractivity contribution in [2.45, 2.75) is 20.4 Å². The third-order valence-corrected chi connectivity index (χ3v) is 5.26. The lowest BCUT2D eigenvalue weighted by Gasteiger charge is -2.13. The molecule has 0 aliphatic carbocycles. The SMILES string of the molecule is CCOc1ccc2ccc(OCC)c(CN=Nc3nc4ccccc4s3)c2c1. The summed E-state index contributed by atoms with van der Waals surface area (Å²) in [6.45, 7) is 5.60. The van der Waals surface area contributed by atoms with E-state index < -0.39 is 0 Å². The summed E-state index contributed by atoms with van der Waals surface area (Å²) >= 11 is 1.54. The number of azo groups is 1. The molecule has 0 unspecified atom stereocenters. The molecule has 0 N–H and O–H groups in total. The molecule has 0 spiro atoms. The molecule has 3 aromatic carbocycles. The Morgan fingerprint density at radius 1 is 0.964 bits per heavy atom. The number of fused-ring (bicyclic) bond motifs is 2. The fourth-order valence-electron chi connectivity index (χ4n) is 3.12. The Hall–Kier alpha value is -2.99. The number of benzene rings is 3. The molecule has 1 heterocycles. The molecule has 4 aromatic rings. The molecular weight excluding hydrogens is 370 g/mol. The Bertz CT molecular complexity index is 1100. The average molecular weight is 391 g/mol. The van der Waals surface area contributed by atoms with Crippen LogP contribution in [0.25, 0.3) is 21.0 Å². The van der Waals surface area contributed by atoms with Crippen LogP contribution in [0.5, 0.6) is 11.5 Å². The van der Waals surface area contributed by atoms with Gasteiger partial charge in [0.1, 0.15) is 11.5 Å². The van der Waals surface area contributed by atoms with E-state index in [0.29, 0.717) is 24.9 Å². The predicted molar refractivity (Wildman–Crippen MR) is 114 cm³/mol. The van der Waals surface area contributed by atoms with Crippen LogP contribution < -0.4 is 9.47 Å². The second-order valence-corrected chi connectivity index (χ2v) is 7.16. The van der Waals surface area contributed by atoms with Gasteiger partial charge in [0.15, 0.2) is 0 Å². The normalized spacial score (nSPS) is 11.5. The number of para-hydroxylation sites is 1. The molecule has 0 saturated heterocycles. The highest BCUT2D eigenvalue weighted by molar-refractivity contribution is 7.21. The molecule has 0 radical (unpaired) electrons. The molecule has 5 nitrogen and oxygen atoms in total. The third kappa shape index (κ3) is 3.82. The van der Waals surface area contributed by atoms with Crippen LogP contribution in [-0.4, -0.2) is 18.2 Å². The number of rotatable bonds is 7. The quantitative estimate of drug-likeness (QED) is 0.336. The van der Waals surface area contributed by atoms with Crippen LogP contribution in [0, 0.1) is 0 Å². The molecule has 1 aromatic heterocycles. The van der Waals surface area contributed by atoms with Crippen molar-refractivity contribution in [3.63, 3.8) is 0 Å². The maximum absolute atomic E-state index is 5.84. The van der Waals surface area contributed by atoms with Gasteiger partial charge in [-0.1, -0.05) is 35.6 Å². The summed E-state index contributed by atoms with van der Waals surface area (Å²) in [7, 11) is 0. The van der Waals surface area contributed by atoms with Gasteiger partial charge >= 0.3 is 0 Å². The lowest BCUT2D eigenvalue weighted by atomic mass is 10.0. The Labute approximate surface area is 167 Å². The third-order valence-electron chi connectivity index (χ3n) is 4.34. The van der Waals surface area contributed by atoms with Gasteiger partial charge in [-0.15, -0.1) is 5.11 Å². The van der Waals surface area contributed by atoms with E-state index in [2.05, 4.69) is 27.3 Å². The number of hydrogen-bond donors (Lipinski definition) is 0. The number of aromatic nitrogens is 1. The highest BCUT2D eigenvalue weighted by atomic mass is 32.1. The summed E-state index contributed by atoms with van der Waals surface area (Å²) in [5.74, 6) is 1.67. The first-order valence-corrected chi connectivity index (χ1v) is 10.1. The summed E-state index contributed by atoms with van der Waals surface area (Å²) < 4.78 is 12.6. The fraction of sp³-hybridized carbons (Fsp3) is 0.227. The van der Waals surface area contributed by atoms with Crippen LogP contribution in [-0.2, 0) is 6.54 Å².